The van der Waals surface area contributed by atoms with E-state index < -0.39 is 0 Å². The van der Waals surface area contributed by atoms with Gasteiger partial charge >= 0.3 is 0 Å². The molecule has 3 nitrogen and oxygen atoms in total. The van der Waals surface area contributed by atoms with Crippen molar-refractivity contribution in [2.45, 2.75) is 19.4 Å². The largest absolute Gasteiger partial charge is 0.497 e. The highest BCUT2D eigenvalue weighted by molar-refractivity contribution is 5.48. The van der Waals surface area contributed by atoms with Crippen molar-refractivity contribution >= 4 is 5.69 Å². The molecule has 1 atom stereocenters. The number of benzene rings is 2. The first-order valence-corrected chi connectivity index (χ1v) is 7.33. The Bertz CT molecular complexity index is 497. The Morgan fingerprint density at radius 3 is 2.19 bits per heavy atom. The van der Waals surface area contributed by atoms with E-state index >= 15 is 0 Å². The minimum Gasteiger partial charge on any atom is -0.497 e. The van der Waals surface area contributed by atoms with Crippen molar-refractivity contribution in [1.82, 2.24) is 0 Å². The molecule has 2 aromatic carbocycles. The van der Waals surface area contributed by atoms with Crippen molar-refractivity contribution < 1.29 is 4.74 Å². The highest BCUT2D eigenvalue weighted by atomic mass is 16.5. The molecule has 0 aromatic heterocycles. The summed E-state index contributed by atoms with van der Waals surface area (Å²) < 4.78 is 5.18. The second-order valence-electron chi connectivity index (χ2n) is 5.28. The van der Waals surface area contributed by atoms with Crippen LogP contribution in [0.25, 0.3) is 0 Å². The lowest BCUT2D eigenvalue weighted by molar-refractivity contribution is 0.415. The van der Waals surface area contributed by atoms with Crippen molar-refractivity contribution in [3.63, 3.8) is 0 Å². The molecule has 0 spiro atoms. The molecule has 0 aliphatic rings. The summed E-state index contributed by atoms with van der Waals surface area (Å²) in [4.78, 5) is 2.16. The Kier molecular flexibility index (Phi) is 5.23. The van der Waals surface area contributed by atoms with E-state index in [1.165, 1.54) is 11.1 Å². The van der Waals surface area contributed by atoms with Gasteiger partial charge in [-0.2, -0.15) is 0 Å². The molecule has 21 heavy (non-hydrogen) atoms. The first-order valence-electron chi connectivity index (χ1n) is 7.33. The summed E-state index contributed by atoms with van der Waals surface area (Å²) in [6, 6.07) is 16.6. The van der Waals surface area contributed by atoms with Crippen LogP contribution >= 0.6 is 0 Å². The first kappa shape index (κ1) is 15.4. The number of anilines is 1. The molecule has 0 heterocycles. The van der Waals surface area contributed by atoms with Crippen LogP contribution in [-0.4, -0.2) is 20.7 Å². The molecule has 0 aliphatic carbocycles. The molecule has 3 heteroatoms. The van der Waals surface area contributed by atoms with Crippen molar-refractivity contribution in [3.05, 3.63) is 59.7 Å². The van der Waals surface area contributed by atoms with E-state index in [9.17, 15) is 0 Å². The number of ether oxygens (including phenoxy) is 1. The molecule has 0 radical (unpaired) electrons. The zero-order valence-corrected chi connectivity index (χ0v) is 13.0. The minimum absolute atomic E-state index is 0.00278. The molecule has 2 rings (SSSR count). The second kappa shape index (κ2) is 7.14. The number of hydrogen-bond acceptors (Lipinski definition) is 3. The Hall–Kier alpha value is -2.00. The van der Waals surface area contributed by atoms with Crippen molar-refractivity contribution in [1.29, 1.82) is 0 Å². The Morgan fingerprint density at radius 2 is 1.67 bits per heavy atom. The van der Waals surface area contributed by atoms with Gasteiger partial charge in [0.05, 0.1) is 7.11 Å². The molecule has 0 aliphatic heterocycles. The molecule has 0 saturated carbocycles. The fraction of sp³-hybridized carbons (Fsp3) is 0.333. The lowest BCUT2D eigenvalue weighted by atomic mass is 10.0. The summed E-state index contributed by atoms with van der Waals surface area (Å²) in [5, 5.41) is 0. The zero-order chi connectivity index (χ0) is 15.2. The van der Waals surface area contributed by atoms with Crippen LogP contribution in [0.4, 0.5) is 5.69 Å². The second-order valence-corrected chi connectivity index (χ2v) is 5.28. The van der Waals surface area contributed by atoms with Crippen molar-refractivity contribution in [2.75, 3.05) is 25.6 Å². The van der Waals surface area contributed by atoms with Crippen LogP contribution in [0, 0.1) is 0 Å². The summed E-state index contributed by atoms with van der Waals surface area (Å²) >= 11 is 0. The van der Waals surface area contributed by atoms with E-state index in [0.717, 1.165) is 24.4 Å². The average Bonchev–Trinajstić information content (AvgIpc) is 2.55. The van der Waals surface area contributed by atoms with Crippen molar-refractivity contribution in [3.8, 4) is 5.75 Å². The topological polar surface area (TPSA) is 38.5 Å². The number of nitrogens with zero attached hydrogens (tertiary/aromatic N) is 1. The SMILES string of the molecule is CCc1ccc(C(N)CN(C)c2ccc(OC)cc2)cc1. The van der Waals surface area contributed by atoms with Crippen LogP contribution in [-0.2, 0) is 6.42 Å². The maximum Gasteiger partial charge on any atom is 0.119 e. The van der Waals surface area contributed by atoms with Gasteiger partial charge in [0.1, 0.15) is 5.75 Å². The van der Waals surface area contributed by atoms with Gasteiger partial charge in [0.2, 0.25) is 0 Å². The Balaban J connectivity index is 2.01. The smallest absolute Gasteiger partial charge is 0.119 e. The molecule has 0 fully saturated rings. The van der Waals surface area contributed by atoms with E-state index in [1.54, 1.807) is 7.11 Å². The quantitative estimate of drug-likeness (QED) is 0.883. The third-order valence-electron chi connectivity index (χ3n) is 3.80. The van der Waals surface area contributed by atoms with Gasteiger partial charge < -0.3 is 15.4 Å². The number of likely N-dealkylation sites (N-methyl/N-ethyl adjacent to an activating group) is 1. The molecule has 0 bridgehead atoms. The van der Waals surface area contributed by atoms with Crippen LogP contribution in [0.15, 0.2) is 48.5 Å². The monoisotopic (exact) mass is 284 g/mol. The molecule has 1 unspecified atom stereocenters. The number of rotatable bonds is 6. The normalized spacial score (nSPS) is 12.0. The van der Waals surface area contributed by atoms with E-state index in [4.69, 9.17) is 10.5 Å². The van der Waals surface area contributed by atoms with Gasteiger partial charge in [-0.1, -0.05) is 31.2 Å². The molecular formula is C18H24N2O. The zero-order valence-electron chi connectivity index (χ0n) is 13.0. The Labute approximate surface area is 127 Å². The number of hydrogen-bond donors (Lipinski definition) is 1. The van der Waals surface area contributed by atoms with Gasteiger partial charge in [0, 0.05) is 25.3 Å². The van der Waals surface area contributed by atoms with Gasteiger partial charge in [0.15, 0.2) is 0 Å². The predicted molar refractivity (Wildman–Crippen MR) is 89.0 cm³/mol. The van der Waals surface area contributed by atoms with Gasteiger partial charge in [-0.25, -0.2) is 0 Å². The summed E-state index contributed by atoms with van der Waals surface area (Å²) in [6.45, 7) is 2.93. The molecular weight excluding hydrogens is 260 g/mol. The van der Waals surface area contributed by atoms with Crippen LogP contribution < -0.4 is 15.4 Å². The molecule has 2 N–H and O–H groups in total. The third-order valence-corrected chi connectivity index (χ3v) is 3.80. The van der Waals surface area contributed by atoms with Gasteiger partial charge in [0.25, 0.3) is 0 Å². The van der Waals surface area contributed by atoms with E-state index in [0.29, 0.717) is 0 Å². The highest BCUT2D eigenvalue weighted by Gasteiger charge is 2.10. The third kappa shape index (κ3) is 3.99. The van der Waals surface area contributed by atoms with Crippen LogP contribution in [0.5, 0.6) is 5.75 Å². The average molecular weight is 284 g/mol. The summed E-state index contributed by atoms with van der Waals surface area (Å²) in [7, 11) is 3.73. The standard InChI is InChI=1S/C18H24N2O/c1-4-14-5-7-15(8-6-14)18(19)13-20(2)16-9-11-17(21-3)12-10-16/h5-12,18H,4,13,19H2,1-3H3. The van der Waals surface area contributed by atoms with E-state index in [1.807, 2.05) is 24.3 Å². The van der Waals surface area contributed by atoms with Crippen molar-refractivity contribution in [2.24, 2.45) is 5.73 Å². The summed E-state index contributed by atoms with van der Waals surface area (Å²) in [6.07, 6.45) is 1.06. The van der Waals surface area contributed by atoms with Crippen LogP contribution in [0.2, 0.25) is 0 Å². The number of methoxy groups -OCH3 is 1. The molecule has 112 valence electrons. The predicted octanol–water partition coefficient (Wildman–Crippen LogP) is 3.39. The van der Waals surface area contributed by atoms with E-state index in [2.05, 4.69) is 43.1 Å². The maximum atomic E-state index is 6.31. The Morgan fingerprint density at radius 1 is 1.05 bits per heavy atom. The number of aryl methyl sites for hydroxylation is 1. The first-order chi connectivity index (χ1) is 10.1. The maximum absolute atomic E-state index is 6.31. The summed E-state index contributed by atoms with van der Waals surface area (Å²) in [5.74, 6) is 0.867. The lowest BCUT2D eigenvalue weighted by Crippen LogP contribution is -2.28. The van der Waals surface area contributed by atoms with Crippen LogP contribution in [0.3, 0.4) is 0 Å². The lowest BCUT2D eigenvalue weighted by Gasteiger charge is -2.24. The fourth-order valence-corrected chi connectivity index (χ4v) is 2.34. The molecule has 0 saturated heterocycles. The highest BCUT2D eigenvalue weighted by Crippen LogP contribution is 2.20. The van der Waals surface area contributed by atoms with Gasteiger partial charge in [-0.3, -0.25) is 0 Å². The summed E-state index contributed by atoms with van der Waals surface area (Å²) in [5.41, 5.74) is 9.97. The molecule has 0 amide bonds. The number of nitrogens with two attached hydrogens (primary N) is 1. The van der Waals surface area contributed by atoms with Gasteiger partial charge in [-0.05, 0) is 41.8 Å². The fourth-order valence-electron chi connectivity index (χ4n) is 2.34. The molecule has 2 aromatic rings. The van der Waals surface area contributed by atoms with E-state index in [-0.39, 0.29) is 6.04 Å². The van der Waals surface area contributed by atoms with Gasteiger partial charge in [-0.15, -0.1) is 0 Å². The van der Waals surface area contributed by atoms with Crippen LogP contribution in [0.1, 0.15) is 24.1 Å². The minimum atomic E-state index is 0.00278.